The summed E-state index contributed by atoms with van der Waals surface area (Å²) in [4.78, 5) is 14.2. The summed E-state index contributed by atoms with van der Waals surface area (Å²) < 4.78 is 12.0. The van der Waals surface area contributed by atoms with Gasteiger partial charge in [-0.25, -0.2) is 15.4 Å². The minimum Gasteiger partial charge on any atom is -0.468 e. The minimum atomic E-state index is 0.143. The van der Waals surface area contributed by atoms with Gasteiger partial charge >= 0.3 is 0 Å². The molecule has 0 aromatic carbocycles. The highest BCUT2D eigenvalue weighted by Crippen LogP contribution is 2.45. The standard InChI is InChI=1S/C25H36N6O2/c1-17-14-31(10-9-30(17)15-19-4-3-11-32-19)23-13-22(26-16-27-23)24-20-12-18(33-25(2)7-8-25)5-6-21(20)28-29-24/h3-4,11,13,16-18,20-21,24,28-29H,5-10,12,14-15H2,1-2H3/t17-,18?,20?,21?,24?/m0/s1. The van der Waals surface area contributed by atoms with Gasteiger partial charge in [0.1, 0.15) is 17.9 Å². The van der Waals surface area contributed by atoms with E-state index in [1.165, 1.54) is 12.8 Å². The lowest BCUT2D eigenvalue weighted by Crippen LogP contribution is -2.51. The molecule has 178 valence electrons. The van der Waals surface area contributed by atoms with Gasteiger partial charge in [-0.05, 0) is 58.1 Å². The minimum absolute atomic E-state index is 0.143. The number of hydrazine groups is 1. The zero-order valence-corrected chi connectivity index (χ0v) is 19.7. The number of anilines is 1. The van der Waals surface area contributed by atoms with Crippen LogP contribution in [-0.4, -0.2) is 58.3 Å². The maximum atomic E-state index is 6.45. The summed E-state index contributed by atoms with van der Waals surface area (Å²) in [5.74, 6) is 2.56. The van der Waals surface area contributed by atoms with E-state index in [9.17, 15) is 0 Å². The molecule has 8 nitrogen and oxygen atoms in total. The van der Waals surface area contributed by atoms with Crippen molar-refractivity contribution in [2.24, 2.45) is 5.92 Å². The van der Waals surface area contributed by atoms with Gasteiger partial charge in [-0.1, -0.05) is 0 Å². The Morgan fingerprint density at radius 3 is 2.91 bits per heavy atom. The summed E-state index contributed by atoms with van der Waals surface area (Å²) >= 11 is 0. The average molecular weight is 453 g/mol. The lowest BCUT2D eigenvalue weighted by molar-refractivity contribution is -0.0500. The van der Waals surface area contributed by atoms with Crippen LogP contribution in [0.1, 0.15) is 63.4 Å². The van der Waals surface area contributed by atoms with Crippen LogP contribution in [0.5, 0.6) is 0 Å². The molecule has 0 spiro atoms. The van der Waals surface area contributed by atoms with Gasteiger partial charge in [0.25, 0.3) is 0 Å². The third-order valence-corrected chi connectivity index (χ3v) is 8.13. The number of nitrogens with one attached hydrogen (secondary N) is 2. The van der Waals surface area contributed by atoms with Gasteiger partial charge in [0.2, 0.25) is 0 Å². The van der Waals surface area contributed by atoms with Crippen LogP contribution in [0.2, 0.25) is 0 Å². The number of piperazine rings is 1. The number of rotatable bonds is 6. The third-order valence-electron chi connectivity index (χ3n) is 8.13. The number of aromatic nitrogens is 2. The Morgan fingerprint density at radius 1 is 1.21 bits per heavy atom. The number of hydrogen-bond donors (Lipinski definition) is 2. The van der Waals surface area contributed by atoms with E-state index in [2.05, 4.69) is 51.6 Å². The zero-order chi connectivity index (χ0) is 22.4. The molecule has 4 aliphatic rings. The van der Waals surface area contributed by atoms with Crippen molar-refractivity contribution in [3.8, 4) is 0 Å². The molecule has 2 aromatic rings. The Morgan fingerprint density at radius 2 is 2.12 bits per heavy atom. The molecule has 4 fully saturated rings. The molecule has 0 radical (unpaired) electrons. The van der Waals surface area contributed by atoms with E-state index in [-0.39, 0.29) is 11.6 Å². The number of furan rings is 1. The largest absolute Gasteiger partial charge is 0.468 e. The monoisotopic (exact) mass is 452 g/mol. The number of ether oxygens (including phenoxy) is 1. The van der Waals surface area contributed by atoms with Gasteiger partial charge in [0.15, 0.2) is 0 Å². The normalized spacial score (nSPS) is 33.8. The highest BCUT2D eigenvalue weighted by Gasteiger charge is 2.46. The van der Waals surface area contributed by atoms with E-state index < -0.39 is 0 Å². The highest BCUT2D eigenvalue weighted by molar-refractivity contribution is 5.41. The summed E-state index contributed by atoms with van der Waals surface area (Å²) in [6.45, 7) is 8.31. The van der Waals surface area contributed by atoms with E-state index in [4.69, 9.17) is 14.1 Å². The van der Waals surface area contributed by atoms with Crippen LogP contribution < -0.4 is 15.8 Å². The Kier molecular flexibility index (Phi) is 5.64. The van der Waals surface area contributed by atoms with E-state index in [1.807, 2.05) is 6.07 Å². The van der Waals surface area contributed by atoms with Crippen LogP contribution in [0.25, 0.3) is 0 Å². The molecule has 2 N–H and O–H groups in total. The van der Waals surface area contributed by atoms with Crippen LogP contribution in [0.15, 0.2) is 35.2 Å². The average Bonchev–Trinajstić information content (AvgIpc) is 3.18. The second-order valence-corrected chi connectivity index (χ2v) is 10.7. The van der Waals surface area contributed by atoms with Crippen molar-refractivity contribution in [1.82, 2.24) is 25.7 Å². The molecule has 5 atom stereocenters. The summed E-state index contributed by atoms with van der Waals surface area (Å²) in [6.07, 6.45) is 9.67. The smallest absolute Gasteiger partial charge is 0.132 e. The number of hydrogen-bond acceptors (Lipinski definition) is 8. The van der Waals surface area contributed by atoms with Crippen molar-refractivity contribution in [3.63, 3.8) is 0 Å². The molecule has 0 amide bonds. The van der Waals surface area contributed by atoms with Crippen LogP contribution in [0.4, 0.5) is 5.82 Å². The van der Waals surface area contributed by atoms with Gasteiger partial charge in [-0.3, -0.25) is 10.3 Å². The number of nitrogens with zero attached hydrogens (tertiary/aromatic N) is 4. The Bertz CT molecular complexity index is 948. The molecule has 2 saturated carbocycles. The molecule has 0 bridgehead atoms. The molecule has 33 heavy (non-hydrogen) atoms. The molecule has 2 aliphatic carbocycles. The predicted octanol–water partition coefficient (Wildman–Crippen LogP) is 3.04. The second-order valence-electron chi connectivity index (χ2n) is 10.7. The molecule has 2 aliphatic heterocycles. The fourth-order valence-corrected chi connectivity index (χ4v) is 5.86. The number of fused-ring (bicyclic) bond motifs is 1. The van der Waals surface area contributed by atoms with Crippen molar-refractivity contribution in [2.75, 3.05) is 24.5 Å². The fraction of sp³-hybridized carbons (Fsp3) is 0.680. The molecule has 4 unspecified atom stereocenters. The first-order chi connectivity index (χ1) is 16.1. The maximum Gasteiger partial charge on any atom is 0.132 e. The summed E-state index contributed by atoms with van der Waals surface area (Å²) in [5, 5.41) is 0. The van der Waals surface area contributed by atoms with Crippen molar-refractivity contribution in [2.45, 2.75) is 82.3 Å². The predicted molar refractivity (Wildman–Crippen MR) is 125 cm³/mol. The quantitative estimate of drug-likeness (QED) is 0.693. The van der Waals surface area contributed by atoms with E-state index in [0.717, 1.165) is 62.7 Å². The molecular weight excluding hydrogens is 416 g/mol. The van der Waals surface area contributed by atoms with Crippen molar-refractivity contribution in [3.05, 3.63) is 42.2 Å². The van der Waals surface area contributed by atoms with Crippen LogP contribution in [0, 0.1) is 5.92 Å². The summed E-state index contributed by atoms with van der Waals surface area (Å²) in [5.41, 5.74) is 8.33. The van der Waals surface area contributed by atoms with Gasteiger partial charge in [-0.2, -0.15) is 0 Å². The lowest BCUT2D eigenvalue weighted by Gasteiger charge is -2.40. The van der Waals surface area contributed by atoms with Gasteiger partial charge in [-0.15, -0.1) is 0 Å². The van der Waals surface area contributed by atoms with Gasteiger partial charge < -0.3 is 14.1 Å². The second kappa shape index (κ2) is 8.65. The Balaban J connectivity index is 1.12. The molecule has 2 aromatic heterocycles. The van der Waals surface area contributed by atoms with Gasteiger partial charge in [0, 0.05) is 43.7 Å². The first kappa shape index (κ1) is 21.5. The van der Waals surface area contributed by atoms with Crippen LogP contribution in [-0.2, 0) is 11.3 Å². The molecule has 6 rings (SSSR count). The Hall–Kier alpha value is -2.00. The van der Waals surface area contributed by atoms with Crippen molar-refractivity contribution in [1.29, 1.82) is 0 Å². The third kappa shape index (κ3) is 4.54. The molecular formula is C25H36N6O2. The highest BCUT2D eigenvalue weighted by atomic mass is 16.5. The zero-order valence-electron chi connectivity index (χ0n) is 19.7. The Labute approximate surface area is 196 Å². The van der Waals surface area contributed by atoms with Crippen LogP contribution >= 0.6 is 0 Å². The van der Waals surface area contributed by atoms with Gasteiger partial charge in [0.05, 0.1) is 36.2 Å². The molecule has 2 saturated heterocycles. The fourth-order valence-electron chi connectivity index (χ4n) is 5.86. The maximum absolute atomic E-state index is 6.45. The molecule has 8 heteroatoms. The van der Waals surface area contributed by atoms with Crippen molar-refractivity contribution < 1.29 is 9.15 Å². The first-order valence-corrected chi connectivity index (χ1v) is 12.6. The van der Waals surface area contributed by atoms with E-state index in [1.54, 1.807) is 12.6 Å². The first-order valence-electron chi connectivity index (χ1n) is 12.6. The lowest BCUT2D eigenvalue weighted by atomic mass is 9.79. The summed E-state index contributed by atoms with van der Waals surface area (Å²) in [6, 6.07) is 7.33. The molecule has 4 heterocycles. The van der Waals surface area contributed by atoms with E-state index in [0.29, 0.717) is 24.1 Å². The van der Waals surface area contributed by atoms with E-state index >= 15 is 0 Å². The van der Waals surface area contributed by atoms with Crippen LogP contribution in [0.3, 0.4) is 0 Å². The summed E-state index contributed by atoms with van der Waals surface area (Å²) in [7, 11) is 0. The topological polar surface area (TPSA) is 78.7 Å². The SMILES string of the molecule is C[C@H]1CN(c2cc(C3NNC4CCC(OC5(C)CC5)CC43)ncn2)CCN1Cc1ccco1. The van der Waals surface area contributed by atoms with Crippen molar-refractivity contribution >= 4 is 5.82 Å².